The van der Waals surface area contributed by atoms with E-state index in [2.05, 4.69) is 0 Å². The van der Waals surface area contributed by atoms with Crippen molar-refractivity contribution in [1.29, 1.82) is 0 Å². The van der Waals surface area contributed by atoms with Crippen LogP contribution in [0.15, 0.2) is 0 Å². The van der Waals surface area contributed by atoms with Crippen molar-refractivity contribution in [3.8, 4) is 0 Å². The normalized spacial score (nSPS) is 40.3. The van der Waals surface area contributed by atoms with Gasteiger partial charge < -0.3 is 10.2 Å². The van der Waals surface area contributed by atoms with E-state index in [0.717, 1.165) is 0 Å². The second kappa shape index (κ2) is 3.76. The molecule has 0 spiro atoms. The van der Waals surface area contributed by atoms with Gasteiger partial charge in [0.25, 0.3) is 0 Å². The number of halogens is 1. The zero-order valence-electron chi connectivity index (χ0n) is 9.13. The Bertz CT molecular complexity index is 210. The highest BCUT2D eigenvalue weighted by Gasteiger charge is 2.56. The van der Waals surface area contributed by atoms with E-state index in [0.29, 0.717) is 19.3 Å². The molecule has 0 aliphatic carbocycles. The third kappa shape index (κ3) is 1.78. The molecule has 2 heterocycles. The topological polar surface area (TPSA) is 43.7 Å². The lowest BCUT2D eigenvalue weighted by Crippen LogP contribution is -2.49. The van der Waals surface area contributed by atoms with Gasteiger partial charge in [0, 0.05) is 18.5 Å². The number of aliphatic hydroxyl groups is 2. The van der Waals surface area contributed by atoms with Crippen LogP contribution in [0.25, 0.3) is 0 Å². The largest absolute Gasteiger partial charge is 0.353 e. The van der Waals surface area contributed by atoms with Crippen molar-refractivity contribution in [2.24, 2.45) is 0 Å². The predicted molar refractivity (Wildman–Crippen MR) is 52.4 cm³/mol. The molecule has 0 saturated carbocycles. The molecule has 2 N–H and O–H groups in total. The SMILES string of the molecule is CC.C[C@@]12CCC(O)(O)N1CC(F)C2. The Morgan fingerprint density at radius 3 is 2.36 bits per heavy atom. The predicted octanol–water partition coefficient (Wildman–Crippen LogP) is 1.25. The maximum absolute atomic E-state index is 13.0. The van der Waals surface area contributed by atoms with Crippen molar-refractivity contribution in [2.75, 3.05) is 6.54 Å². The Morgan fingerprint density at radius 2 is 1.86 bits per heavy atom. The fourth-order valence-electron chi connectivity index (χ4n) is 2.46. The van der Waals surface area contributed by atoms with Gasteiger partial charge >= 0.3 is 0 Å². The summed E-state index contributed by atoms with van der Waals surface area (Å²) in [5.74, 6) is -1.77. The highest BCUT2D eigenvalue weighted by atomic mass is 19.1. The van der Waals surface area contributed by atoms with Crippen molar-refractivity contribution >= 4 is 0 Å². The molecule has 84 valence electrons. The fourth-order valence-corrected chi connectivity index (χ4v) is 2.46. The highest BCUT2D eigenvalue weighted by Crippen LogP contribution is 2.45. The molecule has 2 fully saturated rings. The Labute approximate surface area is 84.5 Å². The van der Waals surface area contributed by atoms with Crippen molar-refractivity contribution in [1.82, 2.24) is 4.90 Å². The molecule has 2 rings (SSSR count). The van der Waals surface area contributed by atoms with Crippen molar-refractivity contribution in [2.45, 2.75) is 57.7 Å². The zero-order valence-corrected chi connectivity index (χ0v) is 9.13. The van der Waals surface area contributed by atoms with Crippen LogP contribution in [-0.4, -0.2) is 39.3 Å². The Morgan fingerprint density at radius 1 is 1.29 bits per heavy atom. The van der Waals surface area contributed by atoms with Crippen molar-refractivity contribution < 1.29 is 14.6 Å². The van der Waals surface area contributed by atoms with Gasteiger partial charge in [0.05, 0.1) is 0 Å². The average Bonchev–Trinajstić information content (AvgIpc) is 2.53. The van der Waals surface area contributed by atoms with Crippen LogP contribution in [0.3, 0.4) is 0 Å². The van der Waals surface area contributed by atoms with Gasteiger partial charge in [-0.25, -0.2) is 9.29 Å². The van der Waals surface area contributed by atoms with Crippen LogP contribution in [0.4, 0.5) is 4.39 Å². The second-order valence-corrected chi connectivity index (χ2v) is 4.18. The molecule has 0 aromatic carbocycles. The summed E-state index contributed by atoms with van der Waals surface area (Å²) >= 11 is 0. The summed E-state index contributed by atoms with van der Waals surface area (Å²) in [7, 11) is 0. The molecular formula is C10H20FNO2. The molecule has 4 heteroatoms. The molecule has 0 amide bonds. The molecule has 2 saturated heterocycles. The first-order chi connectivity index (χ1) is 6.44. The number of rotatable bonds is 0. The number of hydrogen-bond donors (Lipinski definition) is 2. The standard InChI is InChI=1S/C8H14FNO2.C2H6/c1-7-2-3-8(11,12)10(7)5-6(9)4-7;1-2/h6,11-12H,2-5H2,1H3;1-2H3/t6?,7-;/m0./s1. The maximum atomic E-state index is 13.0. The number of alkyl halides is 1. The minimum atomic E-state index is -1.77. The molecule has 0 bridgehead atoms. The van der Waals surface area contributed by atoms with E-state index in [1.165, 1.54) is 4.90 Å². The van der Waals surface area contributed by atoms with Gasteiger partial charge in [0.15, 0.2) is 0 Å². The van der Waals surface area contributed by atoms with E-state index in [-0.39, 0.29) is 12.1 Å². The average molecular weight is 205 g/mol. The lowest BCUT2D eigenvalue weighted by atomic mass is 9.96. The Kier molecular flexibility index (Phi) is 3.19. The molecule has 3 nitrogen and oxygen atoms in total. The summed E-state index contributed by atoms with van der Waals surface area (Å²) in [4.78, 5) is 1.48. The lowest BCUT2D eigenvalue weighted by Gasteiger charge is -2.32. The number of nitrogens with zero attached hydrogens (tertiary/aromatic N) is 1. The van der Waals surface area contributed by atoms with E-state index >= 15 is 0 Å². The summed E-state index contributed by atoms with van der Waals surface area (Å²) in [6.07, 6.45) is 0.515. The molecule has 2 atom stereocenters. The van der Waals surface area contributed by atoms with E-state index < -0.39 is 12.1 Å². The van der Waals surface area contributed by atoms with Crippen LogP contribution < -0.4 is 0 Å². The molecule has 1 unspecified atom stereocenters. The first kappa shape index (κ1) is 11.9. The Balaban J connectivity index is 0.000000461. The maximum Gasteiger partial charge on any atom is 0.225 e. The van der Waals surface area contributed by atoms with E-state index in [1.807, 2.05) is 20.8 Å². The van der Waals surface area contributed by atoms with Crippen molar-refractivity contribution in [3.05, 3.63) is 0 Å². The summed E-state index contributed by atoms with van der Waals surface area (Å²) < 4.78 is 13.0. The van der Waals surface area contributed by atoms with Gasteiger partial charge in [-0.1, -0.05) is 13.8 Å². The second-order valence-electron chi connectivity index (χ2n) is 4.18. The molecular weight excluding hydrogens is 185 g/mol. The van der Waals surface area contributed by atoms with Crippen LogP contribution in [0, 0.1) is 0 Å². The highest BCUT2D eigenvalue weighted by molar-refractivity contribution is 5.04. The van der Waals surface area contributed by atoms with Gasteiger partial charge in [-0.2, -0.15) is 0 Å². The number of fused-ring (bicyclic) bond motifs is 1. The lowest BCUT2D eigenvalue weighted by molar-refractivity contribution is -0.254. The van der Waals surface area contributed by atoms with Gasteiger partial charge in [0.1, 0.15) is 6.17 Å². The van der Waals surface area contributed by atoms with E-state index in [4.69, 9.17) is 0 Å². The van der Waals surface area contributed by atoms with Crippen LogP contribution in [0.5, 0.6) is 0 Å². The molecule has 0 aromatic rings. The van der Waals surface area contributed by atoms with Gasteiger partial charge in [-0.3, -0.25) is 0 Å². The molecule has 0 aromatic heterocycles. The third-order valence-electron chi connectivity index (χ3n) is 3.12. The fraction of sp³-hybridized carbons (Fsp3) is 1.00. The van der Waals surface area contributed by atoms with E-state index in [9.17, 15) is 14.6 Å². The first-order valence-corrected chi connectivity index (χ1v) is 5.31. The summed E-state index contributed by atoms with van der Waals surface area (Å²) in [5.41, 5.74) is -0.330. The summed E-state index contributed by atoms with van der Waals surface area (Å²) in [5, 5.41) is 18.9. The minimum Gasteiger partial charge on any atom is -0.353 e. The molecule has 2 aliphatic rings. The zero-order chi connectivity index (χ0) is 11.0. The summed E-state index contributed by atoms with van der Waals surface area (Å²) in [6, 6.07) is 0. The van der Waals surface area contributed by atoms with Crippen LogP contribution in [0.1, 0.15) is 40.0 Å². The molecule has 0 radical (unpaired) electrons. The van der Waals surface area contributed by atoms with Gasteiger partial charge in [-0.05, 0) is 19.8 Å². The minimum absolute atomic E-state index is 0.156. The van der Waals surface area contributed by atoms with Crippen LogP contribution in [-0.2, 0) is 0 Å². The smallest absolute Gasteiger partial charge is 0.225 e. The number of hydrogen-bond acceptors (Lipinski definition) is 3. The monoisotopic (exact) mass is 205 g/mol. The van der Waals surface area contributed by atoms with Gasteiger partial charge in [-0.15, -0.1) is 0 Å². The van der Waals surface area contributed by atoms with Crippen LogP contribution >= 0.6 is 0 Å². The quantitative estimate of drug-likeness (QED) is 0.585. The van der Waals surface area contributed by atoms with Gasteiger partial charge in [0.2, 0.25) is 5.91 Å². The van der Waals surface area contributed by atoms with E-state index in [1.54, 1.807) is 0 Å². The molecule has 14 heavy (non-hydrogen) atoms. The van der Waals surface area contributed by atoms with Crippen LogP contribution in [0.2, 0.25) is 0 Å². The van der Waals surface area contributed by atoms with Crippen molar-refractivity contribution in [3.63, 3.8) is 0 Å². The Hall–Kier alpha value is -0.190. The third-order valence-corrected chi connectivity index (χ3v) is 3.12. The first-order valence-electron chi connectivity index (χ1n) is 5.31. The molecule has 2 aliphatic heterocycles. The summed E-state index contributed by atoms with van der Waals surface area (Å²) in [6.45, 7) is 6.05.